The Morgan fingerprint density at radius 1 is 0.424 bits per heavy atom. The number of methoxy groups -OCH3 is 1. The summed E-state index contributed by atoms with van der Waals surface area (Å²) in [5.41, 5.74) is 5.85. The van der Waals surface area contributed by atoms with Gasteiger partial charge in [0, 0.05) is 12.7 Å². The molecule has 3 aliphatic heterocycles. The van der Waals surface area contributed by atoms with Crippen LogP contribution in [0.25, 0.3) is 0 Å². The van der Waals surface area contributed by atoms with Gasteiger partial charge in [-0.1, -0.05) is 182 Å². The molecule has 3 saturated heterocycles. The second-order valence-electron chi connectivity index (χ2n) is 16.6. The summed E-state index contributed by atoms with van der Waals surface area (Å²) in [5, 5.41) is 0. The lowest BCUT2D eigenvalue weighted by Gasteiger charge is -2.51. The second-order valence-corrected chi connectivity index (χ2v) is 16.6. The van der Waals surface area contributed by atoms with E-state index in [2.05, 4.69) is 0 Å². The highest BCUT2D eigenvalue weighted by molar-refractivity contribution is 5.19. The Labute approximate surface area is 387 Å². The maximum atomic E-state index is 7.40. The quantitative estimate of drug-likeness (QED) is 0.0734. The van der Waals surface area contributed by atoms with Gasteiger partial charge in [0.15, 0.2) is 18.9 Å². The molecule has 0 aromatic heterocycles. The van der Waals surface area contributed by atoms with Gasteiger partial charge < -0.3 is 52.1 Å². The molecule has 3 aliphatic rings. The summed E-state index contributed by atoms with van der Waals surface area (Å²) in [7, 11) is 1.60. The van der Waals surface area contributed by atoms with Gasteiger partial charge in [-0.15, -0.1) is 0 Å². The number of fused-ring (bicyclic) bond motifs is 1. The van der Waals surface area contributed by atoms with E-state index in [1.807, 2.05) is 182 Å². The molecule has 6 aromatic carbocycles. The SMILES string of the molecule is CO[C@H]1O[C@@H]2CO[C@@H](c3ccccc3)O[C@H]2[C@H](O[C@@H]2O[C@H](COCc3ccccc3)[C@H](OCc3ccccc3)[C@H](OCc3ccccc3)[C@H]2OCc2ccccc2)[C@@H]1OCc1ccccc1. The molecule has 66 heavy (non-hydrogen) atoms. The standard InChI is InChI=1S/C55H58O11/c1-56-54-52(61-36-43-28-16-6-17-29-43)50(48-46(63-54)38-62-53(65-48)44-30-18-7-19-31-44)66-55-51(60-35-42-26-14-5-15-27-42)49(59-34-41-24-12-4-13-25-41)47(58-33-40-22-10-3-11-23-40)45(64-55)37-57-32-39-20-8-2-9-21-39/h2-31,45-55H,32-38H2,1H3/t45-,46-,47+,48-,49+,50+,51-,52+,53-,54+,55+/m1/s1. The Kier molecular flexibility index (Phi) is 16.4. The molecule has 0 radical (unpaired) electrons. The average molecular weight is 895 g/mol. The molecule has 0 spiro atoms. The molecule has 3 fully saturated rings. The van der Waals surface area contributed by atoms with Crippen molar-refractivity contribution in [3.63, 3.8) is 0 Å². The van der Waals surface area contributed by atoms with Gasteiger partial charge in [0.25, 0.3) is 0 Å². The molecule has 9 rings (SSSR count). The highest BCUT2D eigenvalue weighted by Gasteiger charge is 2.56. The Balaban J connectivity index is 1.10. The zero-order valence-corrected chi connectivity index (χ0v) is 37.1. The van der Waals surface area contributed by atoms with Gasteiger partial charge in [-0.2, -0.15) is 0 Å². The predicted octanol–water partition coefficient (Wildman–Crippen LogP) is 9.14. The molecule has 11 heteroatoms. The van der Waals surface area contributed by atoms with Crippen LogP contribution in [0, 0.1) is 0 Å². The first-order valence-electron chi connectivity index (χ1n) is 22.7. The van der Waals surface area contributed by atoms with Crippen molar-refractivity contribution in [2.45, 2.75) is 101 Å². The first-order valence-corrected chi connectivity index (χ1v) is 22.7. The number of hydrogen-bond acceptors (Lipinski definition) is 11. The van der Waals surface area contributed by atoms with Gasteiger partial charge in [-0.05, 0) is 27.8 Å². The fraction of sp³-hybridized carbons (Fsp3) is 0.345. The molecule has 11 nitrogen and oxygen atoms in total. The Hall–Kier alpha value is -5.12. The van der Waals surface area contributed by atoms with E-state index in [4.69, 9.17) is 52.1 Å². The van der Waals surface area contributed by atoms with Crippen LogP contribution in [0.1, 0.15) is 39.7 Å². The minimum absolute atomic E-state index is 0.166. The van der Waals surface area contributed by atoms with Gasteiger partial charge in [-0.25, -0.2) is 0 Å². The van der Waals surface area contributed by atoms with Gasteiger partial charge in [0.05, 0.1) is 46.2 Å². The summed E-state index contributed by atoms with van der Waals surface area (Å²) in [4.78, 5) is 0. The topological polar surface area (TPSA) is 102 Å². The summed E-state index contributed by atoms with van der Waals surface area (Å²) in [6, 6.07) is 60.1. The average Bonchev–Trinajstić information content (AvgIpc) is 3.38. The van der Waals surface area contributed by atoms with E-state index < -0.39 is 67.7 Å². The number of rotatable bonds is 20. The molecular formula is C55H58O11. The Morgan fingerprint density at radius 3 is 1.33 bits per heavy atom. The maximum Gasteiger partial charge on any atom is 0.187 e. The Morgan fingerprint density at radius 2 is 0.848 bits per heavy atom. The van der Waals surface area contributed by atoms with Crippen LogP contribution < -0.4 is 0 Å². The fourth-order valence-electron chi connectivity index (χ4n) is 8.63. The van der Waals surface area contributed by atoms with E-state index in [0.29, 0.717) is 13.2 Å². The molecule has 0 aliphatic carbocycles. The van der Waals surface area contributed by atoms with E-state index in [1.54, 1.807) is 7.11 Å². The van der Waals surface area contributed by atoms with Crippen molar-refractivity contribution in [3.8, 4) is 0 Å². The van der Waals surface area contributed by atoms with Crippen LogP contribution in [0.2, 0.25) is 0 Å². The number of ether oxygens (including phenoxy) is 11. The summed E-state index contributed by atoms with van der Waals surface area (Å²) in [6.45, 7) is 1.85. The van der Waals surface area contributed by atoms with E-state index in [9.17, 15) is 0 Å². The molecule has 0 saturated carbocycles. The van der Waals surface area contributed by atoms with Gasteiger partial charge in [0.2, 0.25) is 0 Å². The fourth-order valence-corrected chi connectivity index (χ4v) is 8.63. The number of benzene rings is 6. The van der Waals surface area contributed by atoms with Crippen LogP contribution in [-0.4, -0.2) is 81.7 Å². The van der Waals surface area contributed by atoms with E-state index in [0.717, 1.165) is 33.4 Å². The molecule has 0 unspecified atom stereocenters. The largest absolute Gasteiger partial charge is 0.374 e. The van der Waals surface area contributed by atoms with E-state index in [1.165, 1.54) is 0 Å². The zero-order chi connectivity index (χ0) is 44.8. The van der Waals surface area contributed by atoms with Crippen molar-refractivity contribution in [1.82, 2.24) is 0 Å². The second kappa shape index (κ2) is 23.6. The monoisotopic (exact) mass is 894 g/mol. The number of hydrogen-bond donors (Lipinski definition) is 0. The third kappa shape index (κ3) is 12.1. The first-order chi connectivity index (χ1) is 32.7. The summed E-state index contributed by atoms with van der Waals surface area (Å²) >= 11 is 0. The van der Waals surface area contributed by atoms with E-state index in [-0.39, 0.29) is 33.0 Å². The van der Waals surface area contributed by atoms with Crippen molar-refractivity contribution < 1.29 is 52.1 Å². The van der Waals surface area contributed by atoms with Gasteiger partial charge >= 0.3 is 0 Å². The molecular weight excluding hydrogens is 837 g/mol. The smallest absolute Gasteiger partial charge is 0.187 e. The lowest BCUT2D eigenvalue weighted by Crippen LogP contribution is -2.67. The minimum Gasteiger partial charge on any atom is -0.374 e. The minimum atomic E-state index is -1.05. The molecule has 0 N–H and O–H groups in total. The van der Waals surface area contributed by atoms with Crippen LogP contribution >= 0.6 is 0 Å². The van der Waals surface area contributed by atoms with Crippen LogP contribution in [0.15, 0.2) is 182 Å². The molecule has 3 heterocycles. The molecule has 11 atom stereocenters. The third-order valence-corrected chi connectivity index (χ3v) is 12.0. The predicted molar refractivity (Wildman–Crippen MR) is 245 cm³/mol. The lowest BCUT2D eigenvalue weighted by atomic mass is 9.95. The molecule has 344 valence electrons. The van der Waals surface area contributed by atoms with Crippen molar-refractivity contribution in [2.75, 3.05) is 20.3 Å². The van der Waals surface area contributed by atoms with Crippen LogP contribution in [-0.2, 0) is 85.1 Å². The Bertz CT molecular complexity index is 2270. The maximum absolute atomic E-state index is 7.40. The third-order valence-electron chi connectivity index (χ3n) is 12.0. The summed E-state index contributed by atoms with van der Waals surface area (Å²) < 4.78 is 74.6. The first kappa shape index (κ1) is 46.0. The molecule has 0 amide bonds. The van der Waals surface area contributed by atoms with Crippen molar-refractivity contribution in [3.05, 3.63) is 215 Å². The van der Waals surface area contributed by atoms with Crippen molar-refractivity contribution in [1.29, 1.82) is 0 Å². The van der Waals surface area contributed by atoms with Crippen molar-refractivity contribution >= 4 is 0 Å². The molecule has 0 bridgehead atoms. The van der Waals surface area contributed by atoms with Crippen LogP contribution in [0.5, 0.6) is 0 Å². The van der Waals surface area contributed by atoms with E-state index >= 15 is 0 Å². The van der Waals surface area contributed by atoms with Crippen LogP contribution in [0.3, 0.4) is 0 Å². The lowest BCUT2D eigenvalue weighted by molar-refractivity contribution is -0.399. The highest BCUT2D eigenvalue weighted by atomic mass is 16.8. The zero-order valence-electron chi connectivity index (χ0n) is 37.1. The van der Waals surface area contributed by atoms with Crippen molar-refractivity contribution in [2.24, 2.45) is 0 Å². The highest BCUT2D eigenvalue weighted by Crippen LogP contribution is 2.40. The van der Waals surface area contributed by atoms with Gasteiger partial charge in [-0.3, -0.25) is 0 Å². The van der Waals surface area contributed by atoms with Gasteiger partial charge in [0.1, 0.15) is 48.8 Å². The van der Waals surface area contributed by atoms with Crippen LogP contribution in [0.4, 0.5) is 0 Å². The summed E-state index contributed by atoms with van der Waals surface area (Å²) in [6.07, 6.45) is -8.32. The summed E-state index contributed by atoms with van der Waals surface area (Å²) in [5.74, 6) is 0. The molecule has 6 aromatic rings. The normalized spacial score (nSPS) is 27.5.